The average Bonchev–Trinajstić information content (AvgIpc) is 3.40. The second-order valence-electron chi connectivity index (χ2n) is 8.13. The van der Waals surface area contributed by atoms with Gasteiger partial charge in [-0.05, 0) is 32.3 Å². The number of amides is 1. The Hall–Kier alpha value is -2.41. The molecule has 1 amide bonds. The van der Waals surface area contributed by atoms with Gasteiger partial charge in [0.25, 0.3) is 0 Å². The smallest absolute Gasteiger partial charge is 0.409 e. The van der Waals surface area contributed by atoms with E-state index in [1.807, 2.05) is 6.92 Å². The standard InChI is InChI=1S/C22H30N4O3/c1-3-28-21(27)26-14-12-25(13-15-26)16-19-23-20(24-29-19)22(10-4-5-11-22)18-8-6-17(2)7-9-18/h6-9H,3-5,10-16H2,1-2H3. The summed E-state index contributed by atoms with van der Waals surface area (Å²) >= 11 is 0. The van der Waals surface area contributed by atoms with E-state index >= 15 is 0 Å². The number of ether oxygens (including phenoxy) is 1. The predicted molar refractivity (Wildman–Crippen MR) is 109 cm³/mol. The van der Waals surface area contributed by atoms with Gasteiger partial charge in [-0.15, -0.1) is 0 Å². The Morgan fingerprint density at radius 2 is 1.83 bits per heavy atom. The first-order chi connectivity index (χ1) is 14.1. The summed E-state index contributed by atoms with van der Waals surface area (Å²) < 4.78 is 10.7. The van der Waals surface area contributed by atoms with Gasteiger partial charge < -0.3 is 14.2 Å². The van der Waals surface area contributed by atoms with Crippen LogP contribution in [0.1, 0.15) is 55.4 Å². The molecule has 2 heterocycles. The minimum Gasteiger partial charge on any atom is -0.450 e. The Morgan fingerprint density at radius 3 is 2.48 bits per heavy atom. The van der Waals surface area contributed by atoms with Crippen LogP contribution in [-0.2, 0) is 16.7 Å². The molecule has 4 rings (SSSR count). The lowest BCUT2D eigenvalue weighted by Gasteiger charge is -2.33. The molecular formula is C22H30N4O3. The van der Waals surface area contributed by atoms with Crippen LogP contribution in [-0.4, -0.2) is 58.8 Å². The third kappa shape index (κ3) is 4.15. The number of aryl methyl sites for hydroxylation is 1. The zero-order valence-electron chi connectivity index (χ0n) is 17.4. The highest BCUT2D eigenvalue weighted by Gasteiger charge is 2.41. The van der Waals surface area contributed by atoms with Crippen LogP contribution in [0, 0.1) is 6.92 Å². The molecular weight excluding hydrogens is 368 g/mol. The molecule has 1 saturated carbocycles. The molecule has 2 fully saturated rings. The average molecular weight is 399 g/mol. The first-order valence-electron chi connectivity index (χ1n) is 10.6. The number of carbonyl (C=O) groups excluding carboxylic acids is 1. The number of aromatic nitrogens is 2. The summed E-state index contributed by atoms with van der Waals surface area (Å²) in [7, 11) is 0. The highest BCUT2D eigenvalue weighted by atomic mass is 16.6. The van der Waals surface area contributed by atoms with Crippen LogP contribution in [0.2, 0.25) is 0 Å². The third-order valence-electron chi connectivity index (χ3n) is 6.21. The first-order valence-corrected chi connectivity index (χ1v) is 10.6. The van der Waals surface area contributed by atoms with E-state index in [2.05, 4.69) is 41.2 Å². The van der Waals surface area contributed by atoms with E-state index in [4.69, 9.17) is 14.2 Å². The largest absolute Gasteiger partial charge is 0.450 e. The summed E-state index contributed by atoms with van der Waals surface area (Å²) in [6.45, 7) is 7.84. The number of hydrogen-bond acceptors (Lipinski definition) is 6. The van der Waals surface area contributed by atoms with E-state index in [0.717, 1.165) is 31.8 Å². The van der Waals surface area contributed by atoms with Crippen molar-refractivity contribution in [2.45, 2.75) is 51.5 Å². The van der Waals surface area contributed by atoms with Gasteiger partial charge in [0.1, 0.15) is 0 Å². The van der Waals surface area contributed by atoms with E-state index < -0.39 is 0 Å². The van der Waals surface area contributed by atoms with Gasteiger partial charge in [-0.1, -0.05) is 47.8 Å². The second kappa shape index (κ2) is 8.53. The summed E-state index contributed by atoms with van der Waals surface area (Å²) in [4.78, 5) is 20.7. The van der Waals surface area contributed by atoms with Gasteiger partial charge in [0.2, 0.25) is 5.89 Å². The van der Waals surface area contributed by atoms with Crippen LogP contribution < -0.4 is 0 Å². The molecule has 7 heteroatoms. The molecule has 29 heavy (non-hydrogen) atoms. The van der Waals surface area contributed by atoms with E-state index in [-0.39, 0.29) is 11.5 Å². The lowest BCUT2D eigenvalue weighted by molar-refractivity contribution is 0.0749. The van der Waals surface area contributed by atoms with E-state index in [9.17, 15) is 4.79 Å². The van der Waals surface area contributed by atoms with E-state index in [1.54, 1.807) is 4.90 Å². The Balaban J connectivity index is 1.43. The van der Waals surface area contributed by atoms with Gasteiger partial charge in [0.05, 0.1) is 18.6 Å². The molecule has 7 nitrogen and oxygen atoms in total. The van der Waals surface area contributed by atoms with Gasteiger partial charge >= 0.3 is 6.09 Å². The number of nitrogens with zero attached hydrogens (tertiary/aromatic N) is 4. The van der Waals surface area contributed by atoms with Gasteiger partial charge in [0.15, 0.2) is 5.82 Å². The van der Waals surface area contributed by atoms with Crippen molar-refractivity contribution in [3.05, 3.63) is 47.1 Å². The summed E-state index contributed by atoms with van der Waals surface area (Å²) in [5.74, 6) is 1.47. The maximum Gasteiger partial charge on any atom is 0.409 e. The maximum atomic E-state index is 11.8. The molecule has 0 unspecified atom stereocenters. The van der Waals surface area contributed by atoms with Crippen LogP contribution in [0.25, 0.3) is 0 Å². The van der Waals surface area contributed by atoms with Crippen LogP contribution in [0.5, 0.6) is 0 Å². The fourth-order valence-corrected chi connectivity index (χ4v) is 4.50. The normalized spacial score (nSPS) is 19.4. The van der Waals surface area contributed by atoms with E-state index in [1.165, 1.54) is 24.0 Å². The van der Waals surface area contributed by atoms with Crippen molar-refractivity contribution in [1.29, 1.82) is 0 Å². The minimum absolute atomic E-state index is 0.127. The maximum absolute atomic E-state index is 11.8. The van der Waals surface area contributed by atoms with Crippen molar-refractivity contribution in [3.63, 3.8) is 0 Å². The van der Waals surface area contributed by atoms with E-state index in [0.29, 0.717) is 32.1 Å². The molecule has 1 aliphatic heterocycles. The molecule has 1 saturated heterocycles. The van der Waals surface area contributed by atoms with Crippen molar-refractivity contribution >= 4 is 6.09 Å². The third-order valence-corrected chi connectivity index (χ3v) is 6.21. The first kappa shape index (κ1) is 19.9. The van der Waals surface area contributed by atoms with Crippen molar-refractivity contribution in [2.75, 3.05) is 32.8 Å². The SMILES string of the molecule is CCOC(=O)N1CCN(Cc2nc(C3(c4ccc(C)cc4)CCCC3)no2)CC1. The monoisotopic (exact) mass is 398 g/mol. The molecule has 0 N–H and O–H groups in total. The summed E-state index contributed by atoms with van der Waals surface area (Å²) in [6, 6.07) is 8.76. The molecule has 0 atom stereocenters. The van der Waals surface area contributed by atoms with Crippen LogP contribution >= 0.6 is 0 Å². The van der Waals surface area contributed by atoms with Crippen LogP contribution in [0.4, 0.5) is 4.79 Å². The van der Waals surface area contributed by atoms with Crippen LogP contribution in [0.15, 0.2) is 28.8 Å². The summed E-state index contributed by atoms with van der Waals surface area (Å²) in [5.41, 5.74) is 2.42. The highest BCUT2D eigenvalue weighted by Crippen LogP contribution is 2.45. The molecule has 156 valence electrons. The molecule has 0 spiro atoms. The van der Waals surface area contributed by atoms with Crippen molar-refractivity contribution < 1.29 is 14.1 Å². The zero-order chi connectivity index (χ0) is 20.3. The lowest BCUT2D eigenvalue weighted by Crippen LogP contribution is -2.48. The molecule has 0 bridgehead atoms. The summed E-state index contributed by atoms with van der Waals surface area (Å²) in [5, 5.41) is 4.40. The van der Waals surface area contributed by atoms with Crippen LogP contribution in [0.3, 0.4) is 0 Å². The molecule has 1 aromatic heterocycles. The molecule has 2 aromatic rings. The number of hydrogen-bond donors (Lipinski definition) is 0. The Bertz CT molecular complexity index is 819. The Labute approximate surface area is 172 Å². The van der Waals surface area contributed by atoms with Crippen molar-refractivity contribution in [1.82, 2.24) is 19.9 Å². The second-order valence-corrected chi connectivity index (χ2v) is 8.13. The van der Waals surface area contributed by atoms with Crippen molar-refractivity contribution in [3.8, 4) is 0 Å². The number of rotatable bonds is 5. The molecule has 1 aromatic carbocycles. The molecule has 2 aliphatic rings. The molecule has 0 radical (unpaired) electrons. The zero-order valence-corrected chi connectivity index (χ0v) is 17.4. The topological polar surface area (TPSA) is 71.7 Å². The van der Waals surface area contributed by atoms with Gasteiger partial charge in [-0.3, -0.25) is 4.90 Å². The van der Waals surface area contributed by atoms with Gasteiger partial charge in [0, 0.05) is 26.2 Å². The molecule has 1 aliphatic carbocycles. The summed E-state index contributed by atoms with van der Waals surface area (Å²) in [6.07, 6.45) is 4.27. The predicted octanol–water partition coefficient (Wildman–Crippen LogP) is 3.51. The fourth-order valence-electron chi connectivity index (χ4n) is 4.50. The van der Waals surface area contributed by atoms with Gasteiger partial charge in [-0.25, -0.2) is 4.79 Å². The number of benzene rings is 1. The fraction of sp³-hybridized carbons (Fsp3) is 0.591. The Kier molecular flexibility index (Phi) is 5.85. The van der Waals surface area contributed by atoms with Crippen molar-refractivity contribution in [2.24, 2.45) is 0 Å². The minimum atomic E-state index is -0.228. The number of carbonyl (C=O) groups is 1. The highest BCUT2D eigenvalue weighted by molar-refractivity contribution is 5.67. The van der Waals surface area contributed by atoms with Gasteiger partial charge in [-0.2, -0.15) is 4.98 Å². The quantitative estimate of drug-likeness (QED) is 0.767. The lowest BCUT2D eigenvalue weighted by atomic mass is 9.78. The number of piperazine rings is 1. The Morgan fingerprint density at radius 1 is 1.14 bits per heavy atom.